The summed E-state index contributed by atoms with van der Waals surface area (Å²) in [5.74, 6) is -2.31. The molecule has 2 aromatic carbocycles. The zero-order chi connectivity index (χ0) is 15.9. The molecule has 0 aliphatic carbocycles. The Balaban J connectivity index is 1.89. The maximum atomic E-state index is 11.6. The van der Waals surface area contributed by atoms with E-state index in [9.17, 15) is 19.8 Å². The van der Waals surface area contributed by atoms with E-state index in [0.29, 0.717) is 11.1 Å². The lowest BCUT2D eigenvalue weighted by atomic mass is 10.1. The standard InChI is InChI=1S/C16H14O6/c17-13(11-7-3-1-4-8-11)15(19)21-22-16(20)14(18)12-9-5-2-6-10-12/h1-10,13-14,17-18H. The average Bonchev–Trinajstić information content (AvgIpc) is 2.59. The Hall–Kier alpha value is -2.70. The van der Waals surface area contributed by atoms with Crippen LogP contribution in [0, 0.1) is 0 Å². The van der Waals surface area contributed by atoms with Crippen LogP contribution in [0.5, 0.6) is 0 Å². The van der Waals surface area contributed by atoms with Gasteiger partial charge in [0.2, 0.25) is 0 Å². The van der Waals surface area contributed by atoms with Crippen molar-refractivity contribution in [3.8, 4) is 0 Å². The molecule has 0 fully saturated rings. The molecule has 0 spiro atoms. The number of aliphatic hydroxyl groups excluding tert-OH is 2. The topological polar surface area (TPSA) is 93.1 Å². The van der Waals surface area contributed by atoms with E-state index >= 15 is 0 Å². The summed E-state index contributed by atoms with van der Waals surface area (Å²) in [6.07, 6.45) is -3.16. The predicted octanol–water partition coefficient (Wildman–Crippen LogP) is 1.46. The first kappa shape index (κ1) is 15.7. The highest BCUT2D eigenvalue weighted by Crippen LogP contribution is 2.16. The van der Waals surface area contributed by atoms with Crippen LogP contribution in [0.1, 0.15) is 23.3 Å². The average molecular weight is 302 g/mol. The first-order chi connectivity index (χ1) is 10.6. The van der Waals surface area contributed by atoms with E-state index in [1.807, 2.05) is 0 Å². The van der Waals surface area contributed by atoms with Crippen LogP contribution in [0.3, 0.4) is 0 Å². The van der Waals surface area contributed by atoms with Crippen molar-refractivity contribution in [2.45, 2.75) is 12.2 Å². The Kier molecular flexibility index (Phi) is 5.24. The molecular formula is C16H14O6. The summed E-state index contributed by atoms with van der Waals surface area (Å²) in [4.78, 5) is 31.7. The van der Waals surface area contributed by atoms with Gasteiger partial charge in [0.25, 0.3) is 0 Å². The van der Waals surface area contributed by atoms with E-state index < -0.39 is 24.1 Å². The van der Waals surface area contributed by atoms with Gasteiger partial charge < -0.3 is 10.2 Å². The molecule has 2 rings (SSSR count). The second-order valence-corrected chi connectivity index (χ2v) is 4.43. The molecule has 0 heterocycles. The Bertz CT molecular complexity index is 568. The van der Waals surface area contributed by atoms with Gasteiger partial charge in [-0.25, -0.2) is 19.4 Å². The minimum Gasteiger partial charge on any atom is -0.377 e. The highest BCUT2D eigenvalue weighted by atomic mass is 17.2. The third-order valence-electron chi connectivity index (χ3n) is 2.88. The first-order valence-electron chi connectivity index (χ1n) is 6.48. The molecule has 2 unspecified atom stereocenters. The Morgan fingerprint density at radius 1 is 0.682 bits per heavy atom. The Morgan fingerprint density at radius 3 is 1.32 bits per heavy atom. The second-order valence-electron chi connectivity index (χ2n) is 4.43. The van der Waals surface area contributed by atoms with Crippen molar-refractivity contribution in [3.63, 3.8) is 0 Å². The number of aliphatic hydroxyl groups is 2. The molecule has 6 heteroatoms. The van der Waals surface area contributed by atoms with Crippen molar-refractivity contribution in [3.05, 3.63) is 71.8 Å². The lowest BCUT2D eigenvalue weighted by Crippen LogP contribution is -2.21. The molecule has 0 radical (unpaired) electrons. The number of hydrogen-bond donors (Lipinski definition) is 2. The van der Waals surface area contributed by atoms with E-state index in [0.717, 1.165) is 0 Å². The molecule has 2 atom stereocenters. The van der Waals surface area contributed by atoms with E-state index in [1.165, 1.54) is 24.3 Å². The highest BCUT2D eigenvalue weighted by Gasteiger charge is 2.25. The molecule has 0 aliphatic rings. The van der Waals surface area contributed by atoms with Crippen LogP contribution in [-0.2, 0) is 19.4 Å². The van der Waals surface area contributed by atoms with Gasteiger partial charge in [-0.1, -0.05) is 60.7 Å². The summed E-state index contributed by atoms with van der Waals surface area (Å²) >= 11 is 0. The number of carbonyl (C=O) groups excluding carboxylic acids is 2. The third-order valence-corrected chi connectivity index (χ3v) is 2.88. The van der Waals surface area contributed by atoms with Crippen molar-refractivity contribution < 1.29 is 29.6 Å². The van der Waals surface area contributed by atoms with Gasteiger partial charge >= 0.3 is 11.9 Å². The van der Waals surface area contributed by atoms with Gasteiger partial charge in [0.15, 0.2) is 12.2 Å². The smallest absolute Gasteiger partial charge is 0.377 e. The second kappa shape index (κ2) is 7.35. The fourth-order valence-electron chi connectivity index (χ4n) is 1.72. The highest BCUT2D eigenvalue weighted by molar-refractivity contribution is 5.79. The third kappa shape index (κ3) is 3.91. The summed E-state index contributed by atoms with van der Waals surface area (Å²) in [5, 5.41) is 19.5. The maximum Gasteiger partial charge on any atom is 0.388 e. The van der Waals surface area contributed by atoms with Gasteiger partial charge in [-0.3, -0.25) is 0 Å². The van der Waals surface area contributed by atoms with Gasteiger partial charge in [-0.2, -0.15) is 0 Å². The van der Waals surface area contributed by atoms with E-state index in [-0.39, 0.29) is 0 Å². The van der Waals surface area contributed by atoms with Gasteiger partial charge in [0.05, 0.1) is 0 Å². The van der Waals surface area contributed by atoms with Gasteiger partial charge in [-0.05, 0) is 11.1 Å². The van der Waals surface area contributed by atoms with Crippen LogP contribution in [0.15, 0.2) is 60.7 Å². The fraction of sp³-hybridized carbons (Fsp3) is 0.125. The van der Waals surface area contributed by atoms with Crippen LogP contribution in [0.4, 0.5) is 0 Å². The molecule has 0 saturated carbocycles. The van der Waals surface area contributed by atoms with Crippen LogP contribution in [0.2, 0.25) is 0 Å². The van der Waals surface area contributed by atoms with E-state index in [2.05, 4.69) is 9.78 Å². The molecular weight excluding hydrogens is 288 g/mol. The minimum atomic E-state index is -1.58. The van der Waals surface area contributed by atoms with Crippen LogP contribution < -0.4 is 0 Å². The van der Waals surface area contributed by atoms with Gasteiger partial charge in [0.1, 0.15) is 0 Å². The van der Waals surface area contributed by atoms with Crippen molar-refractivity contribution in [2.24, 2.45) is 0 Å². The summed E-state index contributed by atoms with van der Waals surface area (Å²) in [7, 11) is 0. The molecule has 0 amide bonds. The normalized spacial score (nSPS) is 13.0. The zero-order valence-corrected chi connectivity index (χ0v) is 11.5. The summed E-state index contributed by atoms with van der Waals surface area (Å²) < 4.78 is 0. The van der Waals surface area contributed by atoms with Crippen LogP contribution in [0.25, 0.3) is 0 Å². The van der Waals surface area contributed by atoms with Crippen molar-refractivity contribution in [1.29, 1.82) is 0 Å². The zero-order valence-electron chi connectivity index (χ0n) is 11.5. The maximum absolute atomic E-state index is 11.6. The van der Waals surface area contributed by atoms with Crippen molar-refractivity contribution >= 4 is 11.9 Å². The number of carbonyl (C=O) groups is 2. The summed E-state index contributed by atoms with van der Waals surface area (Å²) in [6.45, 7) is 0. The molecule has 0 bridgehead atoms. The largest absolute Gasteiger partial charge is 0.388 e. The SMILES string of the molecule is O=C(OOC(=O)C(O)c1ccccc1)C(O)c1ccccc1. The molecule has 0 aromatic heterocycles. The predicted molar refractivity (Wildman–Crippen MR) is 75.0 cm³/mol. The van der Waals surface area contributed by atoms with Crippen LogP contribution >= 0.6 is 0 Å². The molecule has 0 saturated heterocycles. The number of rotatable bonds is 4. The van der Waals surface area contributed by atoms with E-state index in [1.54, 1.807) is 36.4 Å². The van der Waals surface area contributed by atoms with Gasteiger partial charge in [0, 0.05) is 0 Å². The Labute approximate surface area is 126 Å². The Morgan fingerprint density at radius 2 is 1.00 bits per heavy atom. The van der Waals surface area contributed by atoms with Gasteiger partial charge in [-0.15, -0.1) is 0 Å². The molecule has 114 valence electrons. The quantitative estimate of drug-likeness (QED) is 0.656. The summed E-state index contributed by atoms with van der Waals surface area (Å²) in [5.41, 5.74) is 0.597. The molecule has 0 aliphatic heterocycles. The van der Waals surface area contributed by atoms with E-state index in [4.69, 9.17) is 0 Å². The van der Waals surface area contributed by atoms with Crippen LogP contribution in [-0.4, -0.2) is 22.2 Å². The lowest BCUT2D eigenvalue weighted by molar-refractivity contribution is -0.270. The molecule has 2 N–H and O–H groups in total. The monoisotopic (exact) mass is 302 g/mol. The lowest BCUT2D eigenvalue weighted by Gasteiger charge is -2.11. The molecule has 6 nitrogen and oxygen atoms in total. The fourth-order valence-corrected chi connectivity index (χ4v) is 1.72. The van der Waals surface area contributed by atoms with Crippen molar-refractivity contribution in [2.75, 3.05) is 0 Å². The van der Waals surface area contributed by atoms with Crippen molar-refractivity contribution in [1.82, 2.24) is 0 Å². The minimum absolute atomic E-state index is 0.298. The number of hydrogen-bond acceptors (Lipinski definition) is 6. The molecule has 2 aromatic rings. The molecule has 22 heavy (non-hydrogen) atoms. The number of benzene rings is 2. The first-order valence-corrected chi connectivity index (χ1v) is 6.48. The summed E-state index contributed by atoms with van der Waals surface area (Å²) in [6, 6.07) is 16.1.